The fourth-order valence-corrected chi connectivity index (χ4v) is 0. The van der Waals surface area contributed by atoms with Gasteiger partial charge < -0.3 is 0 Å². The first-order valence-electron chi connectivity index (χ1n) is 0.408. The minimum atomic E-state index is 0. The monoisotopic (exact) mass is 54.0 g/mol. The second-order valence-corrected chi connectivity index (χ2v) is 0.0833. The van der Waals surface area contributed by atoms with E-state index in [0.717, 1.165) is 0 Å². The van der Waals surface area contributed by atoms with Crippen molar-refractivity contribution in [3.8, 4) is 0 Å². The molecule has 0 amide bonds. The van der Waals surface area contributed by atoms with Crippen LogP contribution in [-0.2, 0) is 0 Å². The summed E-state index contributed by atoms with van der Waals surface area (Å²) in [7, 11) is 0. The second kappa shape index (κ2) is 12.0. The van der Waals surface area contributed by atoms with Crippen molar-refractivity contribution in [2.24, 2.45) is 0 Å². The average molecular weight is 54.0 g/mol. The molecule has 0 aromatic heterocycles. The van der Waals surface area contributed by atoms with Crippen LogP contribution in [0.1, 0.15) is 0 Å². The van der Waals surface area contributed by atoms with E-state index in [1.54, 1.807) is 0 Å². The van der Waals surface area contributed by atoms with Crippen LogP contribution in [0, 0.1) is 10.1 Å². The summed E-state index contributed by atoms with van der Waals surface area (Å²) < 4.78 is 0. The fraction of sp³-hybridized carbons (Fsp3) is 0. The molecule has 0 atom stereocenters. The van der Waals surface area contributed by atoms with Crippen LogP contribution in [0.15, 0.2) is 0 Å². The van der Waals surface area contributed by atoms with Gasteiger partial charge in [-0.1, -0.05) is 0 Å². The molecule has 0 aromatic carbocycles. The van der Waals surface area contributed by atoms with Crippen LogP contribution >= 0.6 is 0 Å². The quantitative estimate of drug-likeness (QED) is 0.172. The maximum atomic E-state index is 8.12. The van der Waals surface area contributed by atoms with Crippen LogP contribution in [0.2, 0.25) is 0 Å². The van der Waals surface area contributed by atoms with E-state index in [-0.39, 0.29) is 24.2 Å². The molecule has 3 nitrogen and oxygen atoms in total. The molecule has 0 saturated heterocycles. The third-order valence-electron chi connectivity index (χ3n) is 0. The Balaban J connectivity index is 0. The summed E-state index contributed by atoms with van der Waals surface area (Å²) in [5.74, 6) is 0. The molecule has 4 heteroatoms. The third-order valence-corrected chi connectivity index (χ3v) is 0. The number of hydrogen-bond acceptors (Lipinski definition) is 2. The van der Waals surface area contributed by atoms with Gasteiger partial charge in [0.1, 0.15) is 0 Å². The minimum Gasteiger partial charge on any atom is -0.267 e. The van der Waals surface area contributed by atoms with Gasteiger partial charge >= 0.3 is 18.9 Å². The molecule has 0 bridgehead atoms. The van der Waals surface area contributed by atoms with Gasteiger partial charge in [0.25, 0.3) is 0 Å². The van der Waals surface area contributed by atoms with Crippen LogP contribution in [0.25, 0.3) is 0 Å². The summed E-state index contributed by atoms with van der Waals surface area (Å²) in [6, 6.07) is 0. The van der Waals surface area contributed by atoms with Crippen molar-refractivity contribution in [2.75, 3.05) is 0 Å². The molecule has 0 aliphatic carbocycles. The van der Waals surface area contributed by atoms with Gasteiger partial charge in [0.2, 0.25) is 0 Å². The van der Waals surface area contributed by atoms with E-state index in [9.17, 15) is 0 Å². The van der Waals surface area contributed by atoms with Crippen molar-refractivity contribution >= 4 is 0 Å². The van der Waals surface area contributed by atoms with Gasteiger partial charge in [-0.05, 0) is 0 Å². The van der Waals surface area contributed by atoms with Crippen molar-refractivity contribution in [3.05, 3.63) is 10.1 Å². The SMILES string of the molecule is O=[NH+][O-].[Li+]. The molecule has 0 aliphatic rings. The molecule has 0 heterocycles. The Morgan fingerprint density at radius 3 is 1.75 bits per heavy atom. The molecule has 4 heavy (non-hydrogen) atoms. The topological polar surface area (TPSA) is 54.1 Å². The predicted molar refractivity (Wildman–Crippen MR) is 7.70 cm³/mol. The minimum absolute atomic E-state index is 0. The summed E-state index contributed by atoms with van der Waals surface area (Å²) in [6.07, 6.45) is 0. The number of hydrogen-bond donors (Lipinski definition) is 1. The smallest absolute Gasteiger partial charge is 0.267 e. The van der Waals surface area contributed by atoms with E-state index in [1.165, 1.54) is 0 Å². The van der Waals surface area contributed by atoms with Crippen molar-refractivity contribution in [3.63, 3.8) is 0 Å². The summed E-state index contributed by atoms with van der Waals surface area (Å²) in [4.78, 5) is 8.12. The number of nitrogens with one attached hydrogen (secondary N) is 1. The molecule has 0 fully saturated rings. The number of rotatable bonds is 0. The first-order chi connectivity index (χ1) is 1.41. The predicted octanol–water partition coefficient (Wildman–Crippen LogP) is -4.66. The first-order valence-corrected chi connectivity index (χ1v) is 0.408. The van der Waals surface area contributed by atoms with Gasteiger partial charge in [-0.3, -0.25) is 10.1 Å². The zero-order chi connectivity index (χ0) is 2.71. The van der Waals surface area contributed by atoms with E-state index in [2.05, 4.69) is 0 Å². The maximum Gasteiger partial charge on any atom is 1.00 e. The Labute approximate surface area is 35.1 Å². The maximum absolute atomic E-state index is 8.12. The Morgan fingerprint density at radius 1 is 1.75 bits per heavy atom. The second-order valence-electron chi connectivity index (χ2n) is 0.0833. The zero-order valence-corrected chi connectivity index (χ0v) is 2.32. The Hall–Kier alpha value is -0.00260. The molecule has 0 aliphatic heterocycles. The van der Waals surface area contributed by atoms with Crippen molar-refractivity contribution in [1.29, 1.82) is 0 Å². The van der Waals surface area contributed by atoms with Gasteiger partial charge in [0.15, 0.2) is 0 Å². The average Bonchev–Trinajstić information content (AvgIpc) is 0.918. The van der Waals surface area contributed by atoms with E-state index in [4.69, 9.17) is 10.1 Å². The summed E-state index contributed by atoms with van der Waals surface area (Å²) in [6.45, 7) is 0. The van der Waals surface area contributed by atoms with Gasteiger partial charge in [-0.25, -0.2) is 0 Å². The molecule has 0 radical (unpaired) electrons. The van der Waals surface area contributed by atoms with Crippen molar-refractivity contribution < 1.29 is 24.2 Å². The largest absolute Gasteiger partial charge is 1.00 e. The van der Waals surface area contributed by atoms with E-state index >= 15 is 0 Å². The molecule has 0 spiro atoms. The van der Waals surface area contributed by atoms with Crippen LogP contribution in [0.5, 0.6) is 0 Å². The molecular formula is HLiNO2+. The van der Waals surface area contributed by atoms with Crippen LogP contribution in [0.3, 0.4) is 0 Å². The van der Waals surface area contributed by atoms with Crippen LogP contribution < -0.4 is 24.2 Å². The van der Waals surface area contributed by atoms with Gasteiger partial charge in [-0.2, -0.15) is 0 Å². The molecule has 0 rings (SSSR count). The Kier molecular flexibility index (Phi) is 27.1. The van der Waals surface area contributed by atoms with Crippen molar-refractivity contribution in [2.45, 2.75) is 0 Å². The zero-order valence-electron chi connectivity index (χ0n) is 2.32. The standard InChI is InChI=1S/Li.HNO2/c;2-1-3/h;1H/q+1;. The third kappa shape index (κ3) is 295000. The molecule has 0 unspecified atom stereocenters. The van der Waals surface area contributed by atoms with E-state index < -0.39 is 0 Å². The first kappa shape index (κ1) is 9.00. The van der Waals surface area contributed by atoms with Crippen LogP contribution in [-0.4, -0.2) is 0 Å². The van der Waals surface area contributed by atoms with Crippen molar-refractivity contribution in [1.82, 2.24) is 0 Å². The summed E-state index contributed by atoms with van der Waals surface area (Å²) in [5, 5.41) is 8.38. The normalized spacial score (nSPS) is 3.00. The van der Waals surface area contributed by atoms with Gasteiger partial charge in [0, 0.05) is 5.34 Å². The Bertz CT molecular complexity index is 13.5. The van der Waals surface area contributed by atoms with E-state index in [0.29, 0.717) is 0 Å². The molecule has 0 aromatic rings. The Morgan fingerprint density at radius 2 is 1.75 bits per heavy atom. The van der Waals surface area contributed by atoms with E-state index in [1.807, 2.05) is 0 Å². The van der Waals surface area contributed by atoms with Gasteiger partial charge in [-0.15, -0.1) is 0 Å². The van der Waals surface area contributed by atoms with Crippen LogP contribution in [0.4, 0.5) is 0 Å². The molecule has 18 valence electrons. The van der Waals surface area contributed by atoms with Gasteiger partial charge in [0.05, 0.1) is 0 Å². The molecule has 0 saturated carbocycles. The summed E-state index contributed by atoms with van der Waals surface area (Å²) in [5.41, 5.74) is 0. The molecule has 1 N–H and O–H groups in total. The molecular weight excluding hydrogens is 52.9 g/mol. The summed E-state index contributed by atoms with van der Waals surface area (Å²) >= 11 is 0. The fourth-order valence-electron chi connectivity index (χ4n) is 0.